The van der Waals surface area contributed by atoms with Gasteiger partial charge in [0, 0.05) is 17.0 Å². The van der Waals surface area contributed by atoms with E-state index in [1.807, 2.05) is 6.08 Å². The molecule has 2 aliphatic rings. The molecule has 1 saturated heterocycles. The largest absolute Gasteiger partial charge is 0.491 e. The second kappa shape index (κ2) is 12.6. The summed E-state index contributed by atoms with van der Waals surface area (Å²) >= 11 is 0. The van der Waals surface area contributed by atoms with Crippen molar-refractivity contribution in [1.82, 2.24) is 0 Å². The molecule has 0 bridgehead atoms. The van der Waals surface area contributed by atoms with Crippen LogP contribution < -0.4 is 4.74 Å². The summed E-state index contributed by atoms with van der Waals surface area (Å²) in [6, 6.07) is 5.19. The maximum atomic E-state index is 15.1. The molecule has 2 unspecified atom stereocenters. The van der Waals surface area contributed by atoms with E-state index in [0.29, 0.717) is 12.3 Å². The second-order valence-corrected chi connectivity index (χ2v) is 9.71. The summed E-state index contributed by atoms with van der Waals surface area (Å²) in [7, 11) is 0. The molecule has 4 rings (SSSR count). The van der Waals surface area contributed by atoms with Crippen molar-refractivity contribution >= 4 is 0 Å². The molecule has 0 N–H and O–H groups in total. The number of hydrogen-bond donors (Lipinski definition) is 0. The third kappa shape index (κ3) is 6.18. The van der Waals surface area contributed by atoms with Gasteiger partial charge in [0.05, 0.1) is 19.3 Å². The predicted molar refractivity (Wildman–Crippen MR) is 139 cm³/mol. The van der Waals surface area contributed by atoms with Crippen molar-refractivity contribution in [3.63, 3.8) is 0 Å². The first kappa shape index (κ1) is 27.2. The van der Waals surface area contributed by atoms with Crippen LogP contribution in [-0.4, -0.2) is 19.3 Å². The lowest BCUT2D eigenvalue weighted by Gasteiger charge is -2.33. The van der Waals surface area contributed by atoms with Crippen LogP contribution in [0.25, 0.3) is 11.1 Å². The van der Waals surface area contributed by atoms with Gasteiger partial charge in [0.2, 0.25) is 5.82 Å². The fraction of sp³-hybridized carbons (Fsp3) is 0.419. The van der Waals surface area contributed by atoms with E-state index < -0.39 is 23.3 Å². The van der Waals surface area contributed by atoms with Crippen LogP contribution in [0.3, 0.4) is 0 Å². The Morgan fingerprint density at radius 3 is 2.35 bits per heavy atom. The van der Waals surface area contributed by atoms with Crippen molar-refractivity contribution in [2.75, 3.05) is 13.2 Å². The highest BCUT2D eigenvalue weighted by Gasteiger charge is 2.30. The third-order valence-electron chi connectivity index (χ3n) is 7.31. The smallest absolute Gasteiger partial charge is 0.201 e. The van der Waals surface area contributed by atoms with E-state index in [0.717, 1.165) is 38.5 Å². The van der Waals surface area contributed by atoms with Gasteiger partial charge in [0.1, 0.15) is 0 Å². The second-order valence-electron chi connectivity index (χ2n) is 9.71. The van der Waals surface area contributed by atoms with Gasteiger partial charge < -0.3 is 9.47 Å². The summed E-state index contributed by atoms with van der Waals surface area (Å²) in [6.45, 7) is 5.83. The molecule has 2 aromatic carbocycles. The molecule has 2 nitrogen and oxygen atoms in total. The number of allylic oxidation sites excluding steroid dienone is 4. The van der Waals surface area contributed by atoms with Gasteiger partial charge in [-0.15, -0.1) is 6.58 Å². The molecule has 1 aliphatic heterocycles. The van der Waals surface area contributed by atoms with Gasteiger partial charge in [-0.1, -0.05) is 36.4 Å². The summed E-state index contributed by atoms with van der Waals surface area (Å²) < 4.78 is 70.2. The lowest BCUT2D eigenvalue weighted by Crippen LogP contribution is -2.28. The molecular formula is C31H34F4O2. The van der Waals surface area contributed by atoms with Crippen LogP contribution in [0, 0.1) is 29.2 Å². The summed E-state index contributed by atoms with van der Waals surface area (Å²) in [5.41, 5.74) is 0.829. The molecule has 0 amide bonds. The van der Waals surface area contributed by atoms with Crippen molar-refractivity contribution in [1.29, 1.82) is 0 Å². The molecule has 0 spiro atoms. The molecule has 0 aromatic heterocycles. The van der Waals surface area contributed by atoms with Gasteiger partial charge in [-0.05, 0) is 81.1 Å². The van der Waals surface area contributed by atoms with Crippen LogP contribution in [0.4, 0.5) is 17.6 Å². The normalized spacial score (nSPS) is 22.2. The Bertz CT molecular complexity index is 1160. The Kier molecular flexibility index (Phi) is 9.25. The molecule has 6 heteroatoms. The van der Waals surface area contributed by atoms with Crippen LogP contribution in [0.5, 0.6) is 5.75 Å². The summed E-state index contributed by atoms with van der Waals surface area (Å²) in [4.78, 5) is 0. The quantitative estimate of drug-likeness (QED) is 0.189. The van der Waals surface area contributed by atoms with E-state index >= 15 is 8.78 Å². The highest BCUT2D eigenvalue weighted by molar-refractivity contribution is 5.66. The topological polar surface area (TPSA) is 18.5 Å². The van der Waals surface area contributed by atoms with Crippen molar-refractivity contribution in [2.45, 2.75) is 63.9 Å². The Hall–Kier alpha value is -2.86. The molecule has 3 atom stereocenters. The van der Waals surface area contributed by atoms with E-state index in [2.05, 4.69) is 24.8 Å². The van der Waals surface area contributed by atoms with Crippen LogP contribution in [0.1, 0.15) is 63.4 Å². The summed E-state index contributed by atoms with van der Waals surface area (Å²) in [6.07, 6.45) is 15.2. The van der Waals surface area contributed by atoms with Gasteiger partial charge in [-0.2, -0.15) is 4.39 Å². The minimum absolute atomic E-state index is 0.00931. The highest BCUT2D eigenvalue weighted by Crippen LogP contribution is 2.39. The van der Waals surface area contributed by atoms with Gasteiger partial charge in [0.15, 0.2) is 23.2 Å². The Balaban J connectivity index is 1.40. The number of halogens is 4. The SMILES string of the molecule is C=CCCC=CC1CC=C(C2CC[C@@H](c3ccc(-c4ccc(OCC)c(F)c4F)c(F)c3F)CO2)CC1. The zero-order valence-electron chi connectivity index (χ0n) is 21.3. The fourth-order valence-corrected chi connectivity index (χ4v) is 5.23. The predicted octanol–water partition coefficient (Wildman–Crippen LogP) is 8.82. The molecule has 1 fully saturated rings. The highest BCUT2D eigenvalue weighted by atomic mass is 19.2. The Labute approximate surface area is 216 Å². The molecule has 1 heterocycles. The van der Waals surface area contributed by atoms with Crippen molar-refractivity contribution in [3.8, 4) is 16.9 Å². The maximum Gasteiger partial charge on any atom is 0.201 e. The van der Waals surface area contributed by atoms with Crippen LogP contribution >= 0.6 is 0 Å². The van der Waals surface area contributed by atoms with Crippen LogP contribution in [0.2, 0.25) is 0 Å². The molecule has 37 heavy (non-hydrogen) atoms. The molecule has 198 valence electrons. The fourth-order valence-electron chi connectivity index (χ4n) is 5.23. The van der Waals surface area contributed by atoms with Gasteiger partial charge in [-0.25, -0.2) is 13.2 Å². The number of benzene rings is 2. The zero-order chi connectivity index (χ0) is 26.4. The number of hydrogen-bond acceptors (Lipinski definition) is 2. The first-order valence-electron chi connectivity index (χ1n) is 13.1. The third-order valence-corrected chi connectivity index (χ3v) is 7.31. The number of unbranched alkanes of at least 4 members (excludes halogenated alkanes) is 1. The van der Waals surface area contributed by atoms with E-state index in [9.17, 15) is 8.78 Å². The lowest BCUT2D eigenvalue weighted by atomic mass is 9.83. The van der Waals surface area contributed by atoms with E-state index in [1.54, 1.807) is 6.92 Å². The zero-order valence-corrected chi connectivity index (χ0v) is 21.3. The van der Waals surface area contributed by atoms with Crippen LogP contribution in [-0.2, 0) is 4.74 Å². The van der Waals surface area contributed by atoms with E-state index in [4.69, 9.17) is 9.47 Å². The monoisotopic (exact) mass is 514 g/mol. The van der Waals surface area contributed by atoms with Crippen molar-refractivity contribution < 1.29 is 27.0 Å². The van der Waals surface area contributed by atoms with Gasteiger partial charge in [-0.3, -0.25) is 0 Å². The van der Waals surface area contributed by atoms with E-state index in [-0.39, 0.29) is 47.7 Å². The minimum atomic E-state index is -1.27. The first-order valence-corrected chi connectivity index (χ1v) is 13.1. The first-order chi connectivity index (χ1) is 17.9. The Morgan fingerprint density at radius 1 is 0.946 bits per heavy atom. The Morgan fingerprint density at radius 2 is 1.70 bits per heavy atom. The average molecular weight is 515 g/mol. The van der Waals surface area contributed by atoms with Gasteiger partial charge >= 0.3 is 0 Å². The van der Waals surface area contributed by atoms with Crippen LogP contribution in [0.15, 0.2) is 60.7 Å². The molecule has 0 radical (unpaired) electrons. The summed E-state index contributed by atoms with van der Waals surface area (Å²) in [5.74, 6) is -4.73. The maximum absolute atomic E-state index is 15.1. The minimum Gasteiger partial charge on any atom is -0.491 e. The molecule has 2 aromatic rings. The molecule has 1 aliphatic carbocycles. The molecule has 0 saturated carbocycles. The van der Waals surface area contributed by atoms with E-state index in [1.165, 1.54) is 29.8 Å². The number of rotatable bonds is 9. The summed E-state index contributed by atoms with van der Waals surface area (Å²) in [5, 5.41) is 0. The molecular weight excluding hydrogens is 480 g/mol. The number of ether oxygens (including phenoxy) is 2. The lowest BCUT2D eigenvalue weighted by molar-refractivity contribution is 0.0219. The average Bonchev–Trinajstić information content (AvgIpc) is 2.92. The van der Waals surface area contributed by atoms with Gasteiger partial charge in [0.25, 0.3) is 0 Å². The standard InChI is InChI=1S/C31H34F4O2/c1-3-5-6-7-8-20-9-11-21(12-10-20)26-17-13-22(19-37-26)23-14-15-24(29(33)28(23)32)25-16-18-27(36-4-2)31(35)30(25)34/h3,7-8,11,14-16,18,20,22,26H,1,4-6,9-10,12-13,17,19H2,2H3/t20?,22-,26?/m1/s1. The van der Waals surface area contributed by atoms with Crippen molar-refractivity contribution in [2.24, 2.45) is 5.92 Å². The van der Waals surface area contributed by atoms with Crippen molar-refractivity contribution in [3.05, 3.63) is 89.6 Å².